The highest BCUT2D eigenvalue weighted by Gasteiger charge is 2.44. The number of carbonyl (C=O) groups excluding carboxylic acids is 2. The number of amides is 3. The van der Waals surface area contributed by atoms with Crippen LogP contribution in [0.5, 0.6) is 0 Å². The molecule has 0 radical (unpaired) electrons. The molecule has 0 bridgehead atoms. The second-order valence-electron chi connectivity index (χ2n) is 8.59. The van der Waals surface area contributed by atoms with E-state index in [2.05, 4.69) is 34.9 Å². The molecule has 5 heteroatoms. The van der Waals surface area contributed by atoms with Crippen molar-refractivity contribution in [2.45, 2.75) is 50.0 Å². The Morgan fingerprint density at radius 3 is 2.37 bits per heavy atom. The highest BCUT2D eigenvalue weighted by molar-refractivity contribution is 5.77. The molecule has 1 saturated heterocycles. The van der Waals surface area contributed by atoms with Crippen LogP contribution in [0.25, 0.3) is 0 Å². The largest absolute Gasteiger partial charge is 0.340 e. The van der Waals surface area contributed by atoms with Crippen molar-refractivity contribution in [1.82, 2.24) is 15.5 Å². The van der Waals surface area contributed by atoms with E-state index in [1.807, 2.05) is 41.3 Å². The normalized spacial score (nSPS) is 18.9. The highest BCUT2D eigenvalue weighted by atomic mass is 16.2. The first-order valence-corrected chi connectivity index (χ1v) is 11.1. The maximum atomic E-state index is 12.8. The van der Waals surface area contributed by atoms with Crippen LogP contribution in [-0.2, 0) is 10.2 Å². The fourth-order valence-corrected chi connectivity index (χ4v) is 4.34. The van der Waals surface area contributed by atoms with Crippen molar-refractivity contribution in [1.29, 1.82) is 0 Å². The van der Waals surface area contributed by atoms with Gasteiger partial charge in [-0.15, -0.1) is 0 Å². The topological polar surface area (TPSA) is 61.4 Å². The molecule has 1 atom stereocenters. The maximum absolute atomic E-state index is 12.8. The van der Waals surface area contributed by atoms with Gasteiger partial charge in [0.15, 0.2) is 0 Å². The van der Waals surface area contributed by atoms with E-state index in [1.54, 1.807) is 0 Å². The zero-order chi connectivity index (χ0) is 20.8. The van der Waals surface area contributed by atoms with Gasteiger partial charge in [-0.2, -0.15) is 0 Å². The number of nitrogens with zero attached hydrogens (tertiary/aromatic N) is 1. The Kier molecular flexibility index (Phi) is 6.36. The maximum Gasteiger partial charge on any atom is 0.315 e. The molecule has 30 heavy (non-hydrogen) atoms. The average Bonchev–Trinajstić information content (AvgIpc) is 3.60. The van der Waals surface area contributed by atoms with E-state index in [-0.39, 0.29) is 23.4 Å². The molecule has 0 aromatic heterocycles. The van der Waals surface area contributed by atoms with Crippen LogP contribution in [0.15, 0.2) is 60.7 Å². The SMILES string of the molecule is O=C(NCC1(c2ccccc2)CC1)NC(CN1CCCCCC1=O)c1ccccc1. The number of benzene rings is 2. The van der Waals surface area contributed by atoms with Crippen LogP contribution in [0.1, 0.15) is 55.7 Å². The van der Waals surface area contributed by atoms with Gasteiger partial charge in [0.2, 0.25) is 5.91 Å². The molecule has 2 aromatic rings. The molecule has 3 amide bonds. The lowest BCUT2D eigenvalue weighted by Gasteiger charge is -2.28. The van der Waals surface area contributed by atoms with Crippen molar-refractivity contribution >= 4 is 11.9 Å². The third-order valence-corrected chi connectivity index (χ3v) is 6.41. The molecule has 2 N–H and O–H groups in total. The first-order chi connectivity index (χ1) is 14.7. The molecule has 1 saturated carbocycles. The minimum absolute atomic E-state index is 0.0710. The minimum Gasteiger partial charge on any atom is -0.340 e. The van der Waals surface area contributed by atoms with Gasteiger partial charge in [0.05, 0.1) is 6.04 Å². The summed E-state index contributed by atoms with van der Waals surface area (Å²) in [6.07, 6.45) is 5.88. The third kappa shape index (κ3) is 5.02. The second kappa shape index (κ2) is 9.33. The summed E-state index contributed by atoms with van der Waals surface area (Å²) in [7, 11) is 0. The van der Waals surface area contributed by atoms with Gasteiger partial charge >= 0.3 is 6.03 Å². The Morgan fingerprint density at radius 2 is 1.67 bits per heavy atom. The zero-order valence-corrected chi connectivity index (χ0v) is 17.5. The summed E-state index contributed by atoms with van der Waals surface area (Å²) in [4.78, 5) is 27.2. The van der Waals surface area contributed by atoms with Crippen molar-refractivity contribution in [3.63, 3.8) is 0 Å². The van der Waals surface area contributed by atoms with Gasteiger partial charge in [0, 0.05) is 31.5 Å². The van der Waals surface area contributed by atoms with Crippen LogP contribution in [-0.4, -0.2) is 36.5 Å². The van der Waals surface area contributed by atoms with E-state index in [0.717, 1.165) is 44.2 Å². The number of hydrogen-bond donors (Lipinski definition) is 2. The summed E-state index contributed by atoms with van der Waals surface area (Å²) in [6, 6.07) is 20.0. The molecule has 1 aliphatic heterocycles. The number of carbonyl (C=O) groups is 2. The summed E-state index contributed by atoms with van der Waals surface area (Å²) in [6.45, 7) is 1.91. The average molecular weight is 406 g/mol. The van der Waals surface area contributed by atoms with Crippen LogP contribution >= 0.6 is 0 Å². The number of rotatable bonds is 7. The lowest BCUT2D eigenvalue weighted by molar-refractivity contribution is -0.131. The van der Waals surface area contributed by atoms with E-state index in [0.29, 0.717) is 19.5 Å². The summed E-state index contributed by atoms with van der Waals surface area (Å²) >= 11 is 0. The number of hydrogen-bond acceptors (Lipinski definition) is 2. The van der Waals surface area contributed by atoms with Crippen molar-refractivity contribution in [3.8, 4) is 0 Å². The monoisotopic (exact) mass is 405 g/mol. The van der Waals surface area contributed by atoms with Crippen LogP contribution in [0, 0.1) is 0 Å². The van der Waals surface area contributed by atoms with Gasteiger partial charge in [0.1, 0.15) is 0 Å². The summed E-state index contributed by atoms with van der Waals surface area (Å²) < 4.78 is 0. The second-order valence-corrected chi connectivity index (χ2v) is 8.59. The Balaban J connectivity index is 1.40. The van der Waals surface area contributed by atoms with Crippen molar-refractivity contribution in [2.24, 2.45) is 0 Å². The van der Waals surface area contributed by atoms with Crippen LogP contribution in [0.3, 0.4) is 0 Å². The number of urea groups is 1. The van der Waals surface area contributed by atoms with Crippen LogP contribution in [0.2, 0.25) is 0 Å². The van der Waals surface area contributed by atoms with Gasteiger partial charge in [-0.25, -0.2) is 4.79 Å². The lowest BCUT2D eigenvalue weighted by atomic mass is 9.96. The van der Waals surface area contributed by atoms with Gasteiger partial charge in [-0.05, 0) is 36.8 Å². The van der Waals surface area contributed by atoms with Crippen molar-refractivity contribution < 1.29 is 9.59 Å². The fraction of sp³-hybridized carbons (Fsp3) is 0.440. The molecular weight excluding hydrogens is 374 g/mol. The minimum atomic E-state index is -0.222. The van der Waals surface area contributed by atoms with E-state index in [1.165, 1.54) is 5.56 Å². The molecular formula is C25H31N3O2. The van der Waals surface area contributed by atoms with Crippen LogP contribution < -0.4 is 10.6 Å². The number of nitrogens with one attached hydrogen (secondary N) is 2. The fourth-order valence-electron chi connectivity index (χ4n) is 4.34. The third-order valence-electron chi connectivity index (χ3n) is 6.41. The molecule has 4 rings (SSSR count). The van der Waals surface area contributed by atoms with Gasteiger partial charge in [-0.3, -0.25) is 4.79 Å². The van der Waals surface area contributed by atoms with Crippen LogP contribution in [0.4, 0.5) is 4.79 Å². The van der Waals surface area contributed by atoms with E-state index < -0.39 is 0 Å². The standard InChI is InChI=1S/C25H31N3O2/c29-23-14-8-3-9-17-28(23)18-22(20-10-4-1-5-11-20)27-24(30)26-19-25(15-16-25)21-12-6-2-7-13-21/h1-2,4-7,10-13,22H,3,8-9,14-19H2,(H2,26,27,30). The van der Waals surface area contributed by atoms with Gasteiger partial charge < -0.3 is 15.5 Å². The Labute approximate surface area is 178 Å². The molecule has 1 unspecified atom stereocenters. The first kappa shape index (κ1) is 20.5. The predicted octanol–water partition coefficient (Wildman–Crippen LogP) is 4.16. The van der Waals surface area contributed by atoms with Crippen molar-refractivity contribution in [3.05, 3.63) is 71.8 Å². The molecule has 2 aromatic carbocycles. The van der Waals surface area contributed by atoms with E-state index >= 15 is 0 Å². The molecule has 0 spiro atoms. The molecule has 5 nitrogen and oxygen atoms in total. The Hall–Kier alpha value is -2.82. The predicted molar refractivity (Wildman–Crippen MR) is 118 cm³/mol. The first-order valence-electron chi connectivity index (χ1n) is 11.1. The number of likely N-dealkylation sites (tertiary alicyclic amines) is 1. The summed E-state index contributed by atoms with van der Waals surface area (Å²) in [5.74, 6) is 0.191. The molecule has 2 fully saturated rings. The van der Waals surface area contributed by atoms with E-state index in [9.17, 15) is 9.59 Å². The quantitative estimate of drug-likeness (QED) is 0.727. The lowest BCUT2D eigenvalue weighted by Crippen LogP contribution is -2.45. The van der Waals surface area contributed by atoms with E-state index in [4.69, 9.17) is 0 Å². The van der Waals surface area contributed by atoms with Gasteiger partial charge in [-0.1, -0.05) is 67.1 Å². The highest BCUT2D eigenvalue weighted by Crippen LogP contribution is 2.47. The molecule has 1 heterocycles. The molecule has 2 aliphatic rings. The molecule has 158 valence electrons. The van der Waals surface area contributed by atoms with Gasteiger partial charge in [0.25, 0.3) is 0 Å². The van der Waals surface area contributed by atoms with Crippen molar-refractivity contribution in [2.75, 3.05) is 19.6 Å². The summed E-state index contributed by atoms with van der Waals surface area (Å²) in [5, 5.41) is 6.22. The summed E-state index contributed by atoms with van der Waals surface area (Å²) in [5.41, 5.74) is 2.38. The Bertz CT molecular complexity index is 849. The zero-order valence-electron chi connectivity index (χ0n) is 17.5. The molecule has 1 aliphatic carbocycles. The Morgan fingerprint density at radius 1 is 0.967 bits per heavy atom. The smallest absolute Gasteiger partial charge is 0.315 e.